The zero-order chi connectivity index (χ0) is 11.5. The van der Waals surface area contributed by atoms with Crippen molar-refractivity contribution in [1.82, 2.24) is 4.98 Å². The zero-order valence-electron chi connectivity index (χ0n) is 9.45. The second-order valence-corrected chi connectivity index (χ2v) is 5.58. The summed E-state index contributed by atoms with van der Waals surface area (Å²) in [5.74, 6) is 0.475. The number of aliphatic hydroxyl groups is 1. The molecule has 5 heteroatoms. The summed E-state index contributed by atoms with van der Waals surface area (Å²) in [5, 5.41) is 14.6. The zero-order valence-corrected chi connectivity index (χ0v) is 10.3. The van der Waals surface area contributed by atoms with Crippen LogP contribution in [0, 0.1) is 5.92 Å². The first-order valence-electron chi connectivity index (χ1n) is 5.06. The van der Waals surface area contributed by atoms with Crippen molar-refractivity contribution in [2.75, 3.05) is 17.6 Å². The van der Waals surface area contributed by atoms with Crippen LogP contribution in [0.15, 0.2) is 6.20 Å². The summed E-state index contributed by atoms with van der Waals surface area (Å²) in [6.45, 7) is 6.51. The lowest BCUT2D eigenvalue weighted by Gasteiger charge is -2.25. The molecule has 0 saturated heterocycles. The van der Waals surface area contributed by atoms with Crippen molar-refractivity contribution >= 4 is 21.5 Å². The van der Waals surface area contributed by atoms with Gasteiger partial charge in [-0.15, -0.1) is 0 Å². The van der Waals surface area contributed by atoms with Crippen molar-refractivity contribution in [1.29, 1.82) is 0 Å². The molecule has 15 heavy (non-hydrogen) atoms. The number of nitrogen functional groups attached to an aromatic ring is 1. The van der Waals surface area contributed by atoms with Gasteiger partial charge in [0, 0.05) is 6.54 Å². The third kappa shape index (κ3) is 4.48. The molecule has 1 rings (SSSR count). The van der Waals surface area contributed by atoms with Crippen molar-refractivity contribution in [3.63, 3.8) is 0 Å². The fraction of sp³-hybridized carbons (Fsp3) is 0.700. The average molecular weight is 229 g/mol. The summed E-state index contributed by atoms with van der Waals surface area (Å²) in [6.07, 6.45) is 2.38. The van der Waals surface area contributed by atoms with Crippen LogP contribution in [0.3, 0.4) is 0 Å². The Bertz CT molecular complexity index is 309. The van der Waals surface area contributed by atoms with Crippen LogP contribution in [-0.4, -0.2) is 22.2 Å². The molecule has 86 valence electrons. The Labute approximate surface area is 94.5 Å². The fourth-order valence-electron chi connectivity index (χ4n) is 1.59. The molecule has 0 amide bonds. The molecule has 1 unspecified atom stereocenters. The van der Waals surface area contributed by atoms with E-state index in [1.54, 1.807) is 6.20 Å². The number of nitrogens with one attached hydrogen (secondary N) is 1. The SMILES string of the molecule is CC(C)CC(C)(O)CNc1ncc(N)s1. The third-order valence-corrected chi connectivity index (χ3v) is 2.78. The third-order valence-electron chi connectivity index (χ3n) is 1.99. The van der Waals surface area contributed by atoms with Crippen LogP contribution in [0.5, 0.6) is 0 Å². The lowest BCUT2D eigenvalue weighted by Crippen LogP contribution is -2.34. The maximum absolute atomic E-state index is 10.0. The van der Waals surface area contributed by atoms with E-state index < -0.39 is 5.60 Å². The smallest absolute Gasteiger partial charge is 0.184 e. The van der Waals surface area contributed by atoms with E-state index in [1.165, 1.54) is 11.3 Å². The molecule has 0 spiro atoms. The Morgan fingerprint density at radius 3 is 2.80 bits per heavy atom. The molecule has 1 aromatic rings. The normalized spacial score (nSPS) is 15.3. The van der Waals surface area contributed by atoms with Crippen LogP contribution in [-0.2, 0) is 0 Å². The molecule has 4 N–H and O–H groups in total. The number of hydrogen-bond acceptors (Lipinski definition) is 5. The van der Waals surface area contributed by atoms with Crippen molar-refractivity contribution < 1.29 is 5.11 Å². The molecule has 0 bridgehead atoms. The highest BCUT2D eigenvalue weighted by molar-refractivity contribution is 7.19. The Morgan fingerprint density at radius 1 is 1.67 bits per heavy atom. The first-order valence-corrected chi connectivity index (χ1v) is 5.88. The van der Waals surface area contributed by atoms with Crippen LogP contribution in [0.4, 0.5) is 10.1 Å². The van der Waals surface area contributed by atoms with Crippen LogP contribution in [0.25, 0.3) is 0 Å². The molecule has 0 radical (unpaired) electrons. The second-order valence-electron chi connectivity index (χ2n) is 4.52. The predicted molar refractivity (Wildman–Crippen MR) is 65.1 cm³/mol. The summed E-state index contributed by atoms with van der Waals surface area (Å²) >= 11 is 1.39. The van der Waals surface area contributed by atoms with Gasteiger partial charge >= 0.3 is 0 Å². The highest BCUT2D eigenvalue weighted by Crippen LogP contribution is 2.22. The van der Waals surface area contributed by atoms with Gasteiger partial charge in [-0.1, -0.05) is 25.2 Å². The largest absolute Gasteiger partial charge is 0.389 e. The molecule has 0 fully saturated rings. The van der Waals surface area contributed by atoms with Gasteiger partial charge in [0.25, 0.3) is 0 Å². The number of hydrogen-bond donors (Lipinski definition) is 3. The lowest BCUT2D eigenvalue weighted by molar-refractivity contribution is 0.0515. The molecular formula is C10H19N3OS. The van der Waals surface area contributed by atoms with Gasteiger partial charge in [-0.25, -0.2) is 4.98 Å². The Balaban J connectivity index is 2.42. The minimum atomic E-state index is -0.700. The van der Waals surface area contributed by atoms with E-state index in [9.17, 15) is 5.11 Å². The van der Waals surface area contributed by atoms with Gasteiger partial charge in [0.15, 0.2) is 5.13 Å². The minimum absolute atomic E-state index is 0.475. The minimum Gasteiger partial charge on any atom is -0.389 e. The maximum atomic E-state index is 10.0. The highest BCUT2D eigenvalue weighted by atomic mass is 32.1. The van der Waals surface area contributed by atoms with Gasteiger partial charge in [-0.05, 0) is 19.3 Å². The van der Waals surface area contributed by atoms with Crippen LogP contribution in [0.2, 0.25) is 0 Å². The maximum Gasteiger partial charge on any atom is 0.184 e. The Hall–Kier alpha value is -0.810. The molecule has 1 heterocycles. The van der Waals surface area contributed by atoms with Gasteiger partial charge in [0.2, 0.25) is 0 Å². The lowest BCUT2D eigenvalue weighted by atomic mass is 9.94. The average Bonchev–Trinajstić information content (AvgIpc) is 2.46. The van der Waals surface area contributed by atoms with Crippen molar-refractivity contribution in [3.05, 3.63) is 6.20 Å². The molecule has 0 aliphatic heterocycles. The first kappa shape index (κ1) is 12.3. The summed E-state index contributed by atoms with van der Waals surface area (Å²) in [7, 11) is 0. The van der Waals surface area contributed by atoms with Gasteiger partial charge in [0.1, 0.15) is 5.00 Å². The number of nitrogens with two attached hydrogens (primary N) is 1. The Kier molecular flexibility index (Phi) is 3.93. The van der Waals surface area contributed by atoms with E-state index >= 15 is 0 Å². The number of aromatic nitrogens is 1. The first-order chi connectivity index (χ1) is 6.89. The van der Waals surface area contributed by atoms with Gasteiger partial charge < -0.3 is 16.2 Å². The van der Waals surface area contributed by atoms with Crippen LogP contribution < -0.4 is 11.1 Å². The van der Waals surface area contributed by atoms with E-state index in [0.717, 1.165) is 11.6 Å². The number of thiazole rings is 1. The number of rotatable bonds is 5. The van der Waals surface area contributed by atoms with E-state index in [-0.39, 0.29) is 0 Å². The second kappa shape index (κ2) is 4.81. The monoisotopic (exact) mass is 229 g/mol. The highest BCUT2D eigenvalue weighted by Gasteiger charge is 2.21. The molecule has 1 aromatic heterocycles. The van der Waals surface area contributed by atoms with Gasteiger partial charge in [-0.3, -0.25) is 0 Å². The molecule has 0 aromatic carbocycles. The molecular weight excluding hydrogens is 210 g/mol. The van der Waals surface area contributed by atoms with E-state index in [1.807, 2.05) is 6.92 Å². The predicted octanol–water partition coefficient (Wildman–Crippen LogP) is 1.93. The summed E-state index contributed by atoms with van der Waals surface area (Å²) in [5.41, 5.74) is 4.85. The van der Waals surface area contributed by atoms with Gasteiger partial charge in [-0.2, -0.15) is 0 Å². The van der Waals surface area contributed by atoms with E-state index in [0.29, 0.717) is 17.5 Å². The van der Waals surface area contributed by atoms with Crippen LogP contribution >= 0.6 is 11.3 Å². The molecule has 0 aliphatic rings. The number of anilines is 2. The van der Waals surface area contributed by atoms with E-state index in [4.69, 9.17) is 5.73 Å². The summed E-state index contributed by atoms with van der Waals surface area (Å²) < 4.78 is 0. The quantitative estimate of drug-likeness (QED) is 0.721. The van der Waals surface area contributed by atoms with E-state index in [2.05, 4.69) is 24.1 Å². The molecule has 0 saturated carbocycles. The molecule has 1 atom stereocenters. The Morgan fingerprint density at radius 2 is 2.33 bits per heavy atom. The summed E-state index contributed by atoms with van der Waals surface area (Å²) in [6, 6.07) is 0. The summed E-state index contributed by atoms with van der Waals surface area (Å²) in [4.78, 5) is 4.07. The fourth-order valence-corrected chi connectivity index (χ4v) is 2.16. The van der Waals surface area contributed by atoms with Crippen molar-refractivity contribution in [3.8, 4) is 0 Å². The van der Waals surface area contributed by atoms with Crippen molar-refractivity contribution in [2.24, 2.45) is 5.92 Å². The standard InChI is InChI=1S/C10H19N3OS/c1-7(2)4-10(3,14)6-13-9-12-5-8(11)15-9/h5,7,14H,4,6,11H2,1-3H3,(H,12,13). The molecule has 4 nitrogen and oxygen atoms in total. The number of nitrogens with zero attached hydrogens (tertiary/aromatic N) is 1. The van der Waals surface area contributed by atoms with Gasteiger partial charge in [0.05, 0.1) is 11.8 Å². The van der Waals surface area contributed by atoms with Crippen molar-refractivity contribution in [2.45, 2.75) is 32.8 Å². The van der Waals surface area contributed by atoms with Crippen LogP contribution in [0.1, 0.15) is 27.2 Å². The topological polar surface area (TPSA) is 71.2 Å². The molecule has 0 aliphatic carbocycles.